The van der Waals surface area contributed by atoms with E-state index in [-0.39, 0.29) is 22.8 Å². The van der Waals surface area contributed by atoms with E-state index in [9.17, 15) is 14.9 Å². The Morgan fingerprint density at radius 3 is 2.25 bits per heavy atom. The molecule has 28 heavy (non-hydrogen) atoms. The summed E-state index contributed by atoms with van der Waals surface area (Å²) in [5, 5.41) is 15.0. The van der Waals surface area contributed by atoms with E-state index in [4.69, 9.17) is 20.0 Å². The number of hydrogen-bond donors (Lipinski definition) is 1. The van der Waals surface area contributed by atoms with Gasteiger partial charge in [-0.3, -0.25) is 10.1 Å². The number of methoxy groups -OCH3 is 1. The molecular formula is C19H21N3O6. The zero-order valence-electron chi connectivity index (χ0n) is 16.0. The Kier molecular flexibility index (Phi) is 6.19. The van der Waals surface area contributed by atoms with Crippen molar-refractivity contribution in [3.63, 3.8) is 0 Å². The van der Waals surface area contributed by atoms with Crippen LogP contribution in [0.4, 0.5) is 5.69 Å². The maximum atomic E-state index is 11.8. The standard InChI is InChI=1S/C19H21N3O6/c1-19(2,3)18(23)28-21-17(20)12-5-10-16(15(11-12)22(24)25)27-14-8-6-13(26-4)7-9-14/h5-11H,1-4H3,(H2,20,21). The Morgan fingerprint density at radius 1 is 1.11 bits per heavy atom. The van der Waals surface area contributed by atoms with Crippen molar-refractivity contribution in [2.75, 3.05) is 7.11 Å². The number of ether oxygens (including phenoxy) is 2. The first-order valence-electron chi connectivity index (χ1n) is 8.27. The molecule has 0 aromatic heterocycles. The van der Waals surface area contributed by atoms with Crippen molar-refractivity contribution in [1.82, 2.24) is 0 Å². The van der Waals surface area contributed by atoms with E-state index < -0.39 is 16.3 Å². The van der Waals surface area contributed by atoms with Crippen LogP contribution < -0.4 is 15.2 Å². The topological polar surface area (TPSA) is 126 Å². The zero-order valence-corrected chi connectivity index (χ0v) is 16.0. The van der Waals surface area contributed by atoms with Gasteiger partial charge in [0.1, 0.15) is 11.5 Å². The molecule has 0 heterocycles. The SMILES string of the molecule is COc1ccc(Oc2ccc(C(N)=NOC(=O)C(C)(C)C)cc2[N+](=O)[O-])cc1. The minimum Gasteiger partial charge on any atom is -0.497 e. The van der Waals surface area contributed by atoms with E-state index in [2.05, 4.69) is 5.16 Å². The number of nitrogens with zero attached hydrogens (tertiary/aromatic N) is 2. The number of rotatable bonds is 6. The molecule has 0 radical (unpaired) electrons. The van der Waals surface area contributed by atoms with Crippen molar-refractivity contribution < 1.29 is 24.0 Å². The number of amidine groups is 1. The fourth-order valence-corrected chi connectivity index (χ4v) is 1.96. The Hall–Kier alpha value is -3.62. The van der Waals surface area contributed by atoms with Crippen LogP contribution in [0.25, 0.3) is 0 Å². The molecule has 0 aliphatic carbocycles. The average molecular weight is 387 g/mol. The minimum absolute atomic E-state index is 0.0263. The fraction of sp³-hybridized carbons (Fsp3) is 0.263. The molecule has 0 unspecified atom stereocenters. The molecule has 0 amide bonds. The second kappa shape index (κ2) is 8.38. The normalized spacial score (nSPS) is 11.6. The van der Waals surface area contributed by atoms with Crippen LogP contribution in [-0.2, 0) is 9.63 Å². The van der Waals surface area contributed by atoms with Gasteiger partial charge in [-0.1, -0.05) is 5.16 Å². The average Bonchev–Trinajstić information content (AvgIpc) is 2.65. The van der Waals surface area contributed by atoms with Gasteiger partial charge in [0.15, 0.2) is 5.84 Å². The third kappa shape index (κ3) is 5.19. The molecule has 0 saturated heterocycles. The van der Waals surface area contributed by atoms with E-state index in [0.29, 0.717) is 11.5 Å². The van der Waals surface area contributed by atoms with Gasteiger partial charge in [-0.15, -0.1) is 0 Å². The Morgan fingerprint density at radius 2 is 1.71 bits per heavy atom. The van der Waals surface area contributed by atoms with Gasteiger partial charge in [0.2, 0.25) is 5.75 Å². The molecule has 0 aliphatic rings. The van der Waals surface area contributed by atoms with Crippen LogP contribution >= 0.6 is 0 Å². The monoisotopic (exact) mass is 387 g/mol. The highest BCUT2D eigenvalue weighted by Crippen LogP contribution is 2.32. The Bertz CT molecular complexity index is 901. The first kappa shape index (κ1) is 20.7. The highest BCUT2D eigenvalue weighted by molar-refractivity contribution is 5.98. The molecule has 0 fully saturated rings. The molecule has 0 saturated carbocycles. The number of carbonyl (C=O) groups excluding carboxylic acids is 1. The van der Waals surface area contributed by atoms with Gasteiger partial charge in [-0.2, -0.15) is 0 Å². The molecule has 148 valence electrons. The van der Waals surface area contributed by atoms with Crippen molar-refractivity contribution in [2.45, 2.75) is 20.8 Å². The van der Waals surface area contributed by atoms with Gasteiger partial charge < -0.3 is 20.0 Å². The number of oxime groups is 1. The predicted octanol–water partition coefficient (Wildman–Crippen LogP) is 3.61. The molecule has 2 rings (SSSR count). The van der Waals surface area contributed by atoms with E-state index >= 15 is 0 Å². The molecule has 2 N–H and O–H groups in total. The Balaban J connectivity index is 2.26. The van der Waals surface area contributed by atoms with Crippen molar-refractivity contribution >= 4 is 17.5 Å². The lowest BCUT2D eigenvalue weighted by molar-refractivity contribution is -0.385. The lowest BCUT2D eigenvalue weighted by atomic mass is 9.98. The van der Waals surface area contributed by atoms with Crippen molar-refractivity contribution in [3.8, 4) is 17.2 Å². The smallest absolute Gasteiger partial charge is 0.340 e. The number of hydrogen-bond acceptors (Lipinski definition) is 7. The molecule has 0 bridgehead atoms. The highest BCUT2D eigenvalue weighted by Gasteiger charge is 2.24. The largest absolute Gasteiger partial charge is 0.497 e. The van der Waals surface area contributed by atoms with Gasteiger partial charge in [0, 0.05) is 11.6 Å². The van der Waals surface area contributed by atoms with Crippen molar-refractivity contribution in [2.24, 2.45) is 16.3 Å². The van der Waals surface area contributed by atoms with Crippen LogP contribution in [0.15, 0.2) is 47.6 Å². The molecule has 9 heteroatoms. The lowest BCUT2D eigenvalue weighted by Gasteiger charge is -2.13. The molecule has 0 atom stereocenters. The molecule has 0 spiro atoms. The summed E-state index contributed by atoms with van der Waals surface area (Å²) in [6, 6.07) is 10.7. The second-order valence-electron chi connectivity index (χ2n) is 6.82. The van der Waals surface area contributed by atoms with Crippen molar-refractivity contribution in [1.29, 1.82) is 0 Å². The minimum atomic E-state index is -0.758. The quantitative estimate of drug-likeness (QED) is 0.264. The predicted molar refractivity (Wildman–Crippen MR) is 102 cm³/mol. The summed E-state index contributed by atoms with van der Waals surface area (Å²) in [4.78, 5) is 27.4. The van der Waals surface area contributed by atoms with Crippen LogP contribution in [0, 0.1) is 15.5 Å². The van der Waals surface area contributed by atoms with Gasteiger partial charge in [0.25, 0.3) is 0 Å². The first-order valence-corrected chi connectivity index (χ1v) is 8.27. The summed E-state index contributed by atoms with van der Waals surface area (Å²) in [5.74, 6) is 0.308. The lowest BCUT2D eigenvalue weighted by Crippen LogP contribution is -2.23. The number of nitro benzene ring substituents is 1. The van der Waals surface area contributed by atoms with E-state index in [1.165, 1.54) is 25.3 Å². The highest BCUT2D eigenvalue weighted by atomic mass is 16.7. The third-order valence-corrected chi connectivity index (χ3v) is 3.58. The van der Waals surface area contributed by atoms with Crippen LogP contribution in [0.3, 0.4) is 0 Å². The molecule has 0 aliphatic heterocycles. The van der Waals surface area contributed by atoms with Gasteiger partial charge >= 0.3 is 11.7 Å². The van der Waals surface area contributed by atoms with E-state index in [1.54, 1.807) is 45.0 Å². The second-order valence-corrected chi connectivity index (χ2v) is 6.82. The molecule has 9 nitrogen and oxygen atoms in total. The fourth-order valence-electron chi connectivity index (χ4n) is 1.96. The van der Waals surface area contributed by atoms with Crippen LogP contribution in [0.1, 0.15) is 26.3 Å². The summed E-state index contributed by atoms with van der Waals surface area (Å²) in [7, 11) is 1.53. The summed E-state index contributed by atoms with van der Waals surface area (Å²) in [5.41, 5.74) is 4.93. The number of nitrogens with two attached hydrogens (primary N) is 1. The van der Waals surface area contributed by atoms with E-state index in [0.717, 1.165) is 0 Å². The van der Waals surface area contributed by atoms with Gasteiger partial charge in [0.05, 0.1) is 17.4 Å². The maximum absolute atomic E-state index is 11.8. The number of nitro groups is 1. The van der Waals surface area contributed by atoms with Crippen molar-refractivity contribution in [3.05, 3.63) is 58.1 Å². The third-order valence-electron chi connectivity index (χ3n) is 3.58. The maximum Gasteiger partial charge on any atom is 0.340 e. The summed E-state index contributed by atoms with van der Waals surface area (Å²) in [6.45, 7) is 4.99. The van der Waals surface area contributed by atoms with Crippen LogP contribution in [0.5, 0.6) is 17.2 Å². The molecule has 2 aromatic carbocycles. The van der Waals surface area contributed by atoms with Crippen LogP contribution in [0.2, 0.25) is 0 Å². The number of carbonyl (C=O) groups is 1. The van der Waals surface area contributed by atoms with Gasteiger partial charge in [-0.05, 0) is 57.2 Å². The molecule has 2 aromatic rings. The Labute approximate surface area is 161 Å². The zero-order chi connectivity index (χ0) is 20.9. The van der Waals surface area contributed by atoms with E-state index in [1.807, 2.05) is 0 Å². The molecular weight excluding hydrogens is 366 g/mol. The summed E-state index contributed by atoms with van der Waals surface area (Å²) < 4.78 is 10.6. The van der Waals surface area contributed by atoms with Crippen LogP contribution in [-0.4, -0.2) is 23.8 Å². The number of benzene rings is 2. The summed E-state index contributed by atoms with van der Waals surface area (Å²) >= 11 is 0. The summed E-state index contributed by atoms with van der Waals surface area (Å²) in [6.07, 6.45) is 0. The van der Waals surface area contributed by atoms with Gasteiger partial charge in [-0.25, -0.2) is 4.79 Å². The first-order chi connectivity index (χ1) is 13.1.